The van der Waals surface area contributed by atoms with Crippen LogP contribution < -0.4 is 5.32 Å². The van der Waals surface area contributed by atoms with E-state index in [0.717, 1.165) is 34.3 Å². The van der Waals surface area contributed by atoms with Crippen LogP contribution in [0.3, 0.4) is 0 Å². The zero-order chi connectivity index (χ0) is 12.3. The zero-order valence-corrected chi connectivity index (χ0v) is 13.0. The van der Waals surface area contributed by atoms with Crippen LogP contribution in [0.25, 0.3) is 0 Å². The molecule has 1 aromatic rings. The van der Waals surface area contributed by atoms with E-state index in [2.05, 4.69) is 58.1 Å². The largest absolute Gasteiger partial charge is 0.313 e. The van der Waals surface area contributed by atoms with Crippen LogP contribution in [-0.4, -0.2) is 31.1 Å². The SMILES string of the molecule is CN(CCNC1CC1)Cc1ccc(I)c(Cl)c1. The van der Waals surface area contributed by atoms with Crippen LogP contribution >= 0.6 is 34.2 Å². The topological polar surface area (TPSA) is 15.3 Å². The van der Waals surface area contributed by atoms with Gasteiger partial charge in [-0.05, 0) is 60.2 Å². The Morgan fingerprint density at radius 3 is 2.88 bits per heavy atom. The minimum absolute atomic E-state index is 0.802. The van der Waals surface area contributed by atoms with Gasteiger partial charge in [-0.2, -0.15) is 0 Å². The molecule has 0 aliphatic heterocycles. The van der Waals surface area contributed by atoms with Gasteiger partial charge < -0.3 is 10.2 Å². The summed E-state index contributed by atoms with van der Waals surface area (Å²) in [5, 5.41) is 4.38. The maximum absolute atomic E-state index is 6.11. The van der Waals surface area contributed by atoms with Crippen molar-refractivity contribution in [3.05, 3.63) is 32.4 Å². The molecule has 17 heavy (non-hydrogen) atoms. The number of halogens is 2. The standard InChI is InChI=1S/C13H18ClIN2/c1-17(7-6-16-11-3-4-11)9-10-2-5-13(15)12(14)8-10/h2,5,8,11,16H,3-4,6-7,9H2,1H3. The van der Waals surface area contributed by atoms with Crippen LogP contribution in [0.5, 0.6) is 0 Å². The van der Waals surface area contributed by atoms with Crippen molar-refractivity contribution in [3.8, 4) is 0 Å². The Bertz CT molecular complexity index is 380. The first-order valence-electron chi connectivity index (χ1n) is 6.01. The molecule has 1 aromatic carbocycles. The van der Waals surface area contributed by atoms with Crippen molar-refractivity contribution in [2.24, 2.45) is 0 Å². The molecular weight excluding hydrogens is 347 g/mol. The number of benzene rings is 1. The summed E-state index contributed by atoms with van der Waals surface area (Å²) in [6.07, 6.45) is 2.72. The number of nitrogens with zero attached hydrogens (tertiary/aromatic N) is 1. The third-order valence-corrected chi connectivity index (χ3v) is 4.51. The first kappa shape index (κ1) is 13.6. The molecule has 0 spiro atoms. The lowest BCUT2D eigenvalue weighted by atomic mass is 10.2. The molecule has 2 nitrogen and oxygen atoms in total. The van der Waals surface area contributed by atoms with Gasteiger partial charge in [0.15, 0.2) is 0 Å². The molecule has 4 heteroatoms. The number of rotatable bonds is 6. The van der Waals surface area contributed by atoms with Crippen LogP contribution in [-0.2, 0) is 6.54 Å². The van der Waals surface area contributed by atoms with E-state index < -0.39 is 0 Å². The Balaban J connectivity index is 1.75. The van der Waals surface area contributed by atoms with E-state index in [1.165, 1.54) is 18.4 Å². The number of nitrogens with one attached hydrogen (secondary N) is 1. The molecule has 1 aliphatic rings. The van der Waals surface area contributed by atoms with E-state index in [9.17, 15) is 0 Å². The van der Waals surface area contributed by atoms with Crippen molar-refractivity contribution in [1.82, 2.24) is 10.2 Å². The Morgan fingerprint density at radius 1 is 1.47 bits per heavy atom. The molecule has 94 valence electrons. The monoisotopic (exact) mass is 364 g/mol. The van der Waals surface area contributed by atoms with Crippen molar-refractivity contribution in [1.29, 1.82) is 0 Å². The van der Waals surface area contributed by atoms with Crippen molar-refractivity contribution < 1.29 is 0 Å². The lowest BCUT2D eigenvalue weighted by Crippen LogP contribution is -2.30. The fraction of sp³-hybridized carbons (Fsp3) is 0.538. The van der Waals surface area contributed by atoms with Gasteiger partial charge in [-0.15, -0.1) is 0 Å². The van der Waals surface area contributed by atoms with E-state index in [-0.39, 0.29) is 0 Å². The van der Waals surface area contributed by atoms with E-state index in [1.54, 1.807) is 0 Å². The van der Waals surface area contributed by atoms with Gasteiger partial charge in [0.05, 0.1) is 5.02 Å². The van der Waals surface area contributed by atoms with Crippen LogP contribution in [0.4, 0.5) is 0 Å². The van der Waals surface area contributed by atoms with Crippen LogP contribution in [0.15, 0.2) is 18.2 Å². The second-order valence-electron chi connectivity index (χ2n) is 4.71. The van der Waals surface area contributed by atoms with Gasteiger partial charge in [0, 0.05) is 29.2 Å². The van der Waals surface area contributed by atoms with Crippen LogP contribution in [0.1, 0.15) is 18.4 Å². The molecule has 0 amide bonds. The summed E-state index contributed by atoms with van der Waals surface area (Å²) < 4.78 is 1.12. The van der Waals surface area contributed by atoms with Crippen molar-refractivity contribution in [2.45, 2.75) is 25.4 Å². The predicted octanol–water partition coefficient (Wildman–Crippen LogP) is 3.13. The maximum Gasteiger partial charge on any atom is 0.0542 e. The van der Waals surface area contributed by atoms with Gasteiger partial charge in [-0.3, -0.25) is 0 Å². The molecule has 0 atom stereocenters. The van der Waals surface area contributed by atoms with Gasteiger partial charge in [-0.25, -0.2) is 0 Å². The minimum Gasteiger partial charge on any atom is -0.313 e. The molecule has 1 N–H and O–H groups in total. The van der Waals surface area contributed by atoms with Gasteiger partial charge in [0.1, 0.15) is 0 Å². The summed E-state index contributed by atoms with van der Waals surface area (Å²) in [6.45, 7) is 3.13. The quantitative estimate of drug-likeness (QED) is 0.780. The molecule has 0 bridgehead atoms. The first-order valence-corrected chi connectivity index (χ1v) is 7.46. The van der Waals surface area contributed by atoms with Crippen LogP contribution in [0.2, 0.25) is 5.02 Å². The van der Waals surface area contributed by atoms with Gasteiger partial charge in [-0.1, -0.05) is 17.7 Å². The molecule has 2 rings (SSSR count). The maximum atomic E-state index is 6.11. The summed E-state index contributed by atoms with van der Waals surface area (Å²) in [5.41, 5.74) is 1.28. The third kappa shape index (κ3) is 4.73. The van der Waals surface area contributed by atoms with E-state index >= 15 is 0 Å². The van der Waals surface area contributed by atoms with Crippen molar-refractivity contribution in [2.75, 3.05) is 20.1 Å². The fourth-order valence-corrected chi connectivity index (χ4v) is 2.31. The zero-order valence-electron chi connectivity index (χ0n) is 10.0. The molecule has 0 heterocycles. The Hall–Kier alpha value is 0.160. The van der Waals surface area contributed by atoms with Gasteiger partial charge in [0.25, 0.3) is 0 Å². The summed E-state index contributed by atoms with van der Waals surface area (Å²) in [6, 6.07) is 7.09. The molecule has 1 fully saturated rings. The Morgan fingerprint density at radius 2 is 2.24 bits per heavy atom. The summed E-state index contributed by atoms with van der Waals surface area (Å²) >= 11 is 8.37. The summed E-state index contributed by atoms with van der Waals surface area (Å²) in [5.74, 6) is 0. The summed E-state index contributed by atoms with van der Waals surface area (Å²) in [7, 11) is 2.15. The number of hydrogen-bond donors (Lipinski definition) is 1. The third-order valence-electron chi connectivity index (χ3n) is 2.94. The van der Waals surface area contributed by atoms with Gasteiger partial charge >= 0.3 is 0 Å². The van der Waals surface area contributed by atoms with E-state index in [1.807, 2.05) is 0 Å². The molecule has 0 unspecified atom stereocenters. The highest BCUT2D eigenvalue weighted by Gasteiger charge is 2.19. The van der Waals surface area contributed by atoms with Crippen molar-refractivity contribution >= 4 is 34.2 Å². The molecule has 0 aromatic heterocycles. The Kier molecular flexibility index (Phi) is 5.09. The lowest BCUT2D eigenvalue weighted by Gasteiger charge is -2.17. The highest BCUT2D eigenvalue weighted by atomic mass is 127. The van der Waals surface area contributed by atoms with Crippen LogP contribution in [0, 0.1) is 3.57 Å². The average Bonchev–Trinajstić information content (AvgIpc) is 3.07. The van der Waals surface area contributed by atoms with Gasteiger partial charge in [0.2, 0.25) is 0 Å². The summed E-state index contributed by atoms with van der Waals surface area (Å²) in [4.78, 5) is 2.33. The Labute approximate surface area is 122 Å². The predicted molar refractivity (Wildman–Crippen MR) is 81.5 cm³/mol. The number of likely N-dealkylation sites (N-methyl/N-ethyl adjacent to an activating group) is 1. The molecular formula is C13H18ClIN2. The van der Waals surface area contributed by atoms with E-state index in [0.29, 0.717) is 0 Å². The average molecular weight is 365 g/mol. The molecule has 0 saturated heterocycles. The fourth-order valence-electron chi connectivity index (χ4n) is 1.78. The molecule has 0 radical (unpaired) electrons. The van der Waals surface area contributed by atoms with Crippen molar-refractivity contribution in [3.63, 3.8) is 0 Å². The molecule has 1 aliphatic carbocycles. The first-order chi connectivity index (χ1) is 8.15. The lowest BCUT2D eigenvalue weighted by molar-refractivity contribution is 0.324. The highest BCUT2D eigenvalue weighted by Crippen LogP contribution is 2.20. The van der Waals surface area contributed by atoms with E-state index in [4.69, 9.17) is 11.6 Å². The smallest absolute Gasteiger partial charge is 0.0542 e. The number of hydrogen-bond acceptors (Lipinski definition) is 2. The second-order valence-corrected chi connectivity index (χ2v) is 6.28. The normalized spacial score (nSPS) is 15.5. The minimum atomic E-state index is 0.802. The second kappa shape index (κ2) is 6.36. The highest BCUT2D eigenvalue weighted by molar-refractivity contribution is 14.1. The molecule has 1 saturated carbocycles.